The first kappa shape index (κ1) is 28.4. The molecule has 0 aliphatic carbocycles. The van der Waals surface area contributed by atoms with E-state index in [-0.39, 0.29) is 11.7 Å². The minimum atomic E-state index is -0.0971. The van der Waals surface area contributed by atoms with Gasteiger partial charge in [0.2, 0.25) is 0 Å². The molecular formula is C31H42O4. The number of benzene rings is 3. The zero-order chi connectivity index (χ0) is 25.5. The smallest absolute Gasteiger partial charge is 0.118 e. The summed E-state index contributed by atoms with van der Waals surface area (Å²) in [5.74, 6) is 1.74. The summed E-state index contributed by atoms with van der Waals surface area (Å²) in [5, 5.41) is 8.63. The van der Waals surface area contributed by atoms with E-state index in [9.17, 15) is 0 Å². The summed E-state index contributed by atoms with van der Waals surface area (Å²) in [6.45, 7) is 9.94. The number of hydrogen-bond acceptors (Lipinski definition) is 4. The first-order valence-electron chi connectivity index (χ1n) is 12.4. The highest BCUT2D eigenvalue weighted by atomic mass is 16.5. The summed E-state index contributed by atoms with van der Waals surface area (Å²) < 4.78 is 17.4. The van der Waals surface area contributed by atoms with Gasteiger partial charge in [-0.3, -0.25) is 0 Å². The molecular weight excluding hydrogens is 436 g/mol. The second-order valence-electron chi connectivity index (χ2n) is 9.85. The molecule has 0 aliphatic heterocycles. The fraction of sp³-hybridized carbons (Fsp3) is 0.419. The van der Waals surface area contributed by atoms with Gasteiger partial charge < -0.3 is 19.3 Å². The average molecular weight is 479 g/mol. The van der Waals surface area contributed by atoms with Crippen LogP contribution in [0.3, 0.4) is 0 Å². The van der Waals surface area contributed by atoms with Crippen molar-refractivity contribution in [2.45, 2.75) is 65.3 Å². The number of rotatable bonds is 11. The van der Waals surface area contributed by atoms with Gasteiger partial charge in [0.25, 0.3) is 0 Å². The van der Waals surface area contributed by atoms with Crippen LogP contribution in [-0.4, -0.2) is 30.5 Å². The molecule has 4 nitrogen and oxygen atoms in total. The van der Waals surface area contributed by atoms with Crippen LogP contribution < -0.4 is 4.74 Å². The molecule has 0 aliphatic rings. The molecule has 0 heterocycles. The minimum Gasteiger partial charge on any atom is -0.508 e. The van der Waals surface area contributed by atoms with Gasteiger partial charge in [-0.15, -0.1) is 0 Å². The first-order chi connectivity index (χ1) is 16.7. The lowest BCUT2D eigenvalue weighted by molar-refractivity contribution is -0.0153. The number of aromatic hydroxyl groups is 1. The van der Waals surface area contributed by atoms with E-state index in [4.69, 9.17) is 19.3 Å². The molecule has 190 valence electrons. The van der Waals surface area contributed by atoms with Crippen LogP contribution in [0.2, 0.25) is 0 Å². The van der Waals surface area contributed by atoms with E-state index in [0.717, 1.165) is 31.6 Å². The average Bonchev–Trinajstić information content (AvgIpc) is 2.84. The zero-order valence-electron chi connectivity index (χ0n) is 21.9. The summed E-state index contributed by atoms with van der Waals surface area (Å²) in [4.78, 5) is 0. The number of methoxy groups -OCH3 is 1. The van der Waals surface area contributed by atoms with Gasteiger partial charge in [-0.05, 0) is 88.3 Å². The largest absolute Gasteiger partial charge is 0.508 e. The fourth-order valence-electron chi connectivity index (χ4n) is 3.71. The molecule has 4 heteroatoms. The standard InChI is InChI=1S/C25H36O3.C6H6O/c1-20(27-19-22-9-7-6-8-10-22)17-23(15-16-28-25(2,3)4)18-21-11-13-24(26-5)14-12-21;7-6-4-2-1-3-5-6/h6-14,20,23H,15-19H2,1-5H3;1-5,7H. The lowest BCUT2D eigenvalue weighted by Crippen LogP contribution is -2.23. The molecule has 0 amide bonds. The van der Waals surface area contributed by atoms with Gasteiger partial charge in [-0.25, -0.2) is 0 Å². The quantitative estimate of drug-likeness (QED) is 0.311. The third kappa shape index (κ3) is 13.0. The van der Waals surface area contributed by atoms with E-state index in [1.807, 2.05) is 24.3 Å². The third-order valence-corrected chi connectivity index (χ3v) is 5.54. The molecule has 0 fully saturated rings. The Kier molecular flexibility index (Phi) is 12.4. The van der Waals surface area contributed by atoms with Gasteiger partial charge in [-0.1, -0.05) is 60.7 Å². The Labute approximate surface area is 211 Å². The molecule has 2 atom stereocenters. The van der Waals surface area contributed by atoms with Gasteiger partial charge in [-0.2, -0.15) is 0 Å². The second kappa shape index (κ2) is 15.2. The van der Waals surface area contributed by atoms with Gasteiger partial charge in [0.15, 0.2) is 0 Å². The van der Waals surface area contributed by atoms with Gasteiger partial charge in [0, 0.05) is 6.61 Å². The molecule has 0 aromatic heterocycles. The molecule has 35 heavy (non-hydrogen) atoms. The SMILES string of the molecule is COc1ccc(CC(CCOC(C)(C)C)CC(C)OCc2ccccc2)cc1.Oc1ccccc1. The van der Waals surface area contributed by atoms with Crippen molar-refractivity contribution in [2.75, 3.05) is 13.7 Å². The normalized spacial score (nSPS) is 12.8. The maximum Gasteiger partial charge on any atom is 0.118 e. The molecule has 3 aromatic carbocycles. The predicted molar refractivity (Wildman–Crippen MR) is 144 cm³/mol. The zero-order valence-corrected chi connectivity index (χ0v) is 21.9. The molecule has 0 saturated carbocycles. The maximum atomic E-state index is 8.63. The minimum absolute atomic E-state index is 0.0971. The summed E-state index contributed by atoms with van der Waals surface area (Å²) in [6, 6.07) is 27.5. The topological polar surface area (TPSA) is 47.9 Å². The van der Waals surface area contributed by atoms with Crippen molar-refractivity contribution in [3.8, 4) is 11.5 Å². The lowest BCUT2D eigenvalue weighted by atomic mass is 9.91. The Morgan fingerprint density at radius 3 is 1.91 bits per heavy atom. The van der Waals surface area contributed by atoms with Crippen molar-refractivity contribution in [1.82, 2.24) is 0 Å². The molecule has 0 spiro atoms. The van der Waals surface area contributed by atoms with Crippen LogP contribution in [0.5, 0.6) is 11.5 Å². The van der Waals surface area contributed by atoms with E-state index in [0.29, 0.717) is 18.3 Å². The van der Waals surface area contributed by atoms with Gasteiger partial charge >= 0.3 is 0 Å². The molecule has 2 unspecified atom stereocenters. The van der Waals surface area contributed by atoms with Crippen LogP contribution >= 0.6 is 0 Å². The highest BCUT2D eigenvalue weighted by Gasteiger charge is 2.17. The van der Waals surface area contributed by atoms with E-state index >= 15 is 0 Å². The van der Waals surface area contributed by atoms with Crippen molar-refractivity contribution < 1.29 is 19.3 Å². The Bertz CT molecular complexity index is 918. The van der Waals surface area contributed by atoms with Crippen LogP contribution in [0, 0.1) is 5.92 Å². The van der Waals surface area contributed by atoms with Crippen LogP contribution in [0.15, 0.2) is 84.9 Å². The monoisotopic (exact) mass is 478 g/mol. The Morgan fingerprint density at radius 1 is 0.800 bits per heavy atom. The van der Waals surface area contributed by atoms with Crippen LogP contribution in [0.25, 0.3) is 0 Å². The number of hydrogen-bond donors (Lipinski definition) is 1. The molecule has 0 bridgehead atoms. The first-order valence-corrected chi connectivity index (χ1v) is 12.4. The predicted octanol–water partition coefficient (Wildman–Crippen LogP) is 7.45. The molecule has 3 aromatic rings. The highest BCUT2D eigenvalue weighted by Crippen LogP contribution is 2.23. The molecule has 1 N–H and O–H groups in total. The Balaban J connectivity index is 0.000000527. The molecule has 0 saturated heterocycles. The summed E-state index contributed by atoms with van der Waals surface area (Å²) in [5.41, 5.74) is 2.45. The number of para-hydroxylation sites is 1. The van der Waals surface area contributed by atoms with Crippen molar-refractivity contribution in [3.05, 3.63) is 96.1 Å². The number of phenols is 1. The summed E-state index contributed by atoms with van der Waals surface area (Å²) in [6.07, 6.45) is 3.28. The van der Waals surface area contributed by atoms with Crippen molar-refractivity contribution in [1.29, 1.82) is 0 Å². The van der Waals surface area contributed by atoms with Crippen LogP contribution in [0.4, 0.5) is 0 Å². The van der Waals surface area contributed by atoms with E-state index in [1.165, 1.54) is 11.1 Å². The number of ether oxygens (including phenoxy) is 3. The van der Waals surface area contributed by atoms with Crippen molar-refractivity contribution >= 4 is 0 Å². The molecule has 0 radical (unpaired) electrons. The van der Waals surface area contributed by atoms with E-state index in [2.05, 4.69) is 64.1 Å². The maximum absolute atomic E-state index is 8.63. The Hall–Kier alpha value is -2.82. The van der Waals surface area contributed by atoms with Gasteiger partial charge in [0.05, 0.1) is 25.4 Å². The second-order valence-corrected chi connectivity index (χ2v) is 9.85. The summed E-state index contributed by atoms with van der Waals surface area (Å²) in [7, 11) is 1.70. The lowest BCUT2D eigenvalue weighted by Gasteiger charge is -2.25. The fourth-order valence-corrected chi connectivity index (χ4v) is 3.71. The third-order valence-electron chi connectivity index (χ3n) is 5.54. The molecule has 3 rings (SSSR count). The number of phenolic OH excluding ortho intramolecular Hbond substituents is 1. The summed E-state index contributed by atoms with van der Waals surface area (Å²) >= 11 is 0. The van der Waals surface area contributed by atoms with E-state index < -0.39 is 0 Å². The van der Waals surface area contributed by atoms with E-state index in [1.54, 1.807) is 31.4 Å². The van der Waals surface area contributed by atoms with Crippen molar-refractivity contribution in [2.24, 2.45) is 5.92 Å². The van der Waals surface area contributed by atoms with Crippen LogP contribution in [0.1, 0.15) is 51.7 Å². The Morgan fingerprint density at radius 2 is 1.40 bits per heavy atom. The highest BCUT2D eigenvalue weighted by molar-refractivity contribution is 5.27. The van der Waals surface area contributed by atoms with Crippen molar-refractivity contribution in [3.63, 3.8) is 0 Å². The van der Waals surface area contributed by atoms with Gasteiger partial charge in [0.1, 0.15) is 11.5 Å². The van der Waals surface area contributed by atoms with Crippen LogP contribution in [-0.2, 0) is 22.5 Å².